The second-order valence-electron chi connectivity index (χ2n) is 4.75. The van der Waals surface area contributed by atoms with Crippen LogP contribution in [0.5, 0.6) is 0 Å². The number of hydrogen-bond donors (Lipinski definition) is 1. The van der Waals surface area contributed by atoms with Gasteiger partial charge in [0.25, 0.3) is 0 Å². The van der Waals surface area contributed by atoms with E-state index in [-0.39, 0.29) is 9.92 Å². The number of halogens is 1. The van der Waals surface area contributed by atoms with Crippen molar-refractivity contribution in [1.82, 2.24) is 14.6 Å². The summed E-state index contributed by atoms with van der Waals surface area (Å²) in [7, 11) is -4.11. The first-order valence-corrected chi connectivity index (χ1v) is 7.46. The number of sulfonamides is 1. The maximum Gasteiger partial charge on any atom is 0.247 e. The molecule has 1 fully saturated rings. The van der Waals surface area contributed by atoms with E-state index in [0.29, 0.717) is 0 Å². The molecule has 2 rings (SSSR count). The fourth-order valence-corrected chi connectivity index (χ4v) is 3.93. The zero-order chi connectivity index (χ0) is 15.1. The molecular weight excluding hydrogens is 306 g/mol. The number of amides is 2. The Morgan fingerprint density at radius 1 is 1.40 bits per heavy atom. The summed E-state index contributed by atoms with van der Waals surface area (Å²) in [5.41, 5.74) is -1.40. The third-order valence-electron chi connectivity index (χ3n) is 3.02. The van der Waals surface area contributed by atoms with Crippen LogP contribution in [0.1, 0.15) is 13.8 Å². The van der Waals surface area contributed by atoms with Crippen LogP contribution in [0.25, 0.3) is 0 Å². The number of nitrogens with one attached hydrogen (secondary N) is 1. The second kappa shape index (κ2) is 4.80. The van der Waals surface area contributed by atoms with Crippen molar-refractivity contribution in [3.8, 4) is 0 Å². The summed E-state index contributed by atoms with van der Waals surface area (Å²) < 4.78 is 26.0. The predicted molar refractivity (Wildman–Crippen MR) is 70.4 cm³/mol. The molecule has 1 saturated heterocycles. The molecule has 9 heteroatoms. The SMILES string of the molecule is CC1(C)C(=O)NC(=O)CN1S(=O)(=O)c1cnccc1Cl. The van der Waals surface area contributed by atoms with Crippen molar-refractivity contribution >= 4 is 33.4 Å². The quantitative estimate of drug-likeness (QED) is 0.784. The molecule has 0 unspecified atom stereocenters. The average molecular weight is 318 g/mol. The number of imide groups is 1. The van der Waals surface area contributed by atoms with Gasteiger partial charge in [0.05, 0.1) is 11.6 Å². The van der Waals surface area contributed by atoms with Gasteiger partial charge in [-0.3, -0.25) is 19.9 Å². The van der Waals surface area contributed by atoms with Gasteiger partial charge < -0.3 is 0 Å². The minimum absolute atomic E-state index is 0.0192. The third kappa shape index (κ3) is 2.30. The first-order valence-electron chi connectivity index (χ1n) is 5.64. The Morgan fingerprint density at radius 3 is 2.65 bits per heavy atom. The number of carbonyl (C=O) groups excluding carboxylic acids is 2. The van der Waals surface area contributed by atoms with E-state index in [1.165, 1.54) is 26.1 Å². The van der Waals surface area contributed by atoms with Crippen LogP contribution in [0.15, 0.2) is 23.4 Å². The molecule has 0 aromatic carbocycles. The van der Waals surface area contributed by atoms with E-state index in [2.05, 4.69) is 10.3 Å². The highest BCUT2D eigenvalue weighted by molar-refractivity contribution is 7.89. The van der Waals surface area contributed by atoms with Crippen LogP contribution < -0.4 is 5.32 Å². The van der Waals surface area contributed by atoms with Crippen molar-refractivity contribution in [2.24, 2.45) is 0 Å². The largest absolute Gasteiger partial charge is 0.294 e. The van der Waals surface area contributed by atoms with Gasteiger partial charge in [-0.15, -0.1) is 0 Å². The maximum atomic E-state index is 12.6. The van der Waals surface area contributed by atoms with Crippen molar-refractivity contribution in [2.75, 3.05) is 6.54 Å². The topological polar surface area (TPSA) is 96.4 Å². The highest BCUT2D eigenvalue weighted by atomic mass is 35.5. The lowest BCUT2D eigenvalue weighted by Crippen LogP contribution is -2.65. The van der Waals surface area contributed by atoms with Gasteiger partial charge in [0.2, 0.25) is 21.8 Å². The molecule has 1 aliphatic heterocycles. The molecule has 7 nitrogen and oxygen atoms in total. The summed E-state index contributed by atoms with van der Waals surface area (Å²) in [5.74, 6) is -1.37. The summed E-state index contributed by atoms with van der Waals surface area (Å²) in [4.78, 5) is 26.7. The number of rotatable bonds is 2. The van der Waals surface area contributed by atoms with E-state index >= 15 is 0 Å². The number of hydrogen-bond acceptors (Lipinski definition) is 5. The lowest BCUT2D eigenvalue weighted by molar-refractivity contribution is -0.141. The number of nitrogens with zero attached hydrogens (tertiary/aromatic N) is 2. The van der Waals surface area contributed by atoms with Crippen LogP contribution in [0.4, 0.5) is 0 Å². The first-order chi connectivity index (χ1) is 9.17. The molecular formula is C11H12ClN3O4S. The number of aromatic nitrogens is 1. The van der Waals surface area contributed by atoms with Crippen molar-refractivity contribution in [1.29, 1.82) is 0 Å². The standard InChI is InChI=1S/C11H12ClN3O4S/c1-11(2)10(17)14-9(16)6-15(11)20(18,19)8-5-13-4-3-7(8)12/h3-5H,6H2,1-2H3,(H,14,16,17). The van der Waals surface area contributed by atoms with Crippen molar-refractivity contribution in [2.45, 2.75) is 24.3 Å². The van der Waals surface area contributed by atoms with E-state index < -0.39 is 33.9 Å². The Labute approximate surface area is 121 Å². The van der Waals surface area contributed by atoms with Gasteiger partial charge in [0, 0.05) is 12.4 Å². The third-order valence-corrected chi connectivity index (χ3v) is 5.51. The van der Waals surface area contributed by atoms with Crippen molar-refractivity contribution in [3.05, 3.63) is 23.5 Å². The van der Waals surface area contributed by atoms with Gasteiger partial charge in [-0.1, -0.05) is 11.6 Å². The highest BCUT2D eigenvalue weighted by Crippen LogP contribution is 2.30. The van der Waals surface area contributed by atoms with Crippen LogP contribution in [0.2, 0.25) is 5.02 Å². The fraction of sp³-hybridized carbons (Fsp3) is 0.364. The van der Waals surface area contributed by atoms with Gasteiger partial charge in [-0.2, -0.15) is 4.31 Å². The fourth-order valence-electron chi connectivity index (χ4n) is 1.82. The minimum atomic E-state index is -4.11. The first kappa shape index (κ1) is 14.9. The lowest BCUT2D eigenvalue weighted by atomic mass is 10.0. The molecule has 1 aromatic rings. The summed E-state index contributed by atoms with van der Waals surface area (Å²) >= 11 is 5.86. The van der Waals surface area contributed by atoms with Gasteiger partial charge in [-0.25, -0.2) is 8.42 Å². The summed E-state index contributed by atoms with van der Waals surface area (Å²) in [6.07, 6.45) is 2.44. The Hall–Kier alpha value is -1.51. The molecule has 1 aromatic heterocycles. The molecule has 0 aliphatic carbocycles. The average Bonchev–Trinajstić information content (AvgIpc) is 2.34. The van der Waals surface area contributed by atoms with Crippen LogP contribution in [0, 0.1) is 0 Å². The molecule has 0 spiro atoms. The molecule has 2 amide bonds. The zero-order valence-electron chi connectivity index (χ0n) is 10.8. The van der Waals surface area contributed by atoms with E-state index in [1.807, 2.05) is 0 Å². The molecule has 2 heterocycles. The van der Waals surface area contributed by atoms with Gasteiger partial charge in [0.1, 0.15) is 10.4 Å². The summed E-state index contributed by atoms with van der Waals surface area (Å²) in [6, 6.07) is 1.33. The molecule has 108 valence electrons. The molecule has 0 atom stereocenters. The van der Waals surface area contributed by atoms with Crippen molar-refractivity contribution < 1.29 is 18.0 Å². The molecule has 1 aliphatic rings. The van der Waals surface area contributed by atoms with Crippen LogP contribution in [-0.2, 0) is 19.6 Å². The van der Waals surface area contributed by atoms with E-state index in [0.717, 1.165) is 10.5 Å². The van der Waals surface area contributed by atoms with Gasteiger partial charge in [0.15, 0.2) is 0 Å². The second-order valence-corrected chi connectivity index (χ2v) is 6.99. The molecule has 0 saturated carbocycles. The predicted octanol–water partition coefficient (Wildman–Crippen LogP) is 0.161. The zero-order valence-corrected chi connectivity index (χ0v) is 12.3. The van der Waals surface area contributed by atoms with Gasteiger partial charge in [-0.05, 0) is 19.9 Å². The van der Waals surface area contributed by atoms with Crippen molar-refractivity contribution in [3.63, 3.8) is 0 Å². The van der Waals surface area contributed by atoms with Crippen LogP contribution in [-0.4, -0.2) is 41.6 Å². The van der Waals surface area contributed by atoms with Crippen LogP contribution in [0.3, 0.4) is 0 Å². The van der Waals surface area contributed by atoms with Gasteiger partial charge >= 0.3 is 0 Å². The Balaban J connectivity index is 2.56. The monoisotopic (exact) mass is 317 g/mol. The molecule has 20 heavy (non-hydrogen) atoms. The smallest absolute Gasteiger partial charge is 0.247 e. The number of carbonyl (C=O) groups is 2. The summed E-state index contributed by atoms with van der Waals surface area (Å²) in [6.45, 7) is 2.37. The highest BCUT2D eigenvalue weighted by Gasteiger charge is 2.48. The Bertz CT molecular complexity index is 687. The lowest BCUT2D eigenvalue weighted by Gasteiger charge is -2.38. The van der Waals surface area contributed by atoms with E-state index in [1.54, 1.807) is 0 Å². The normalized spacial score (nSPS) is 19.8. The Morgan fingerprint density at radius 2 is 2.05 bits per heavy atom. The molecule has 0 radical (unpaired) electrons. The molecule has 1 N–H and O–H groups in total. The minimum Gasteiger partial charge on any atom is -0.294 e. The maximum absolute atomic E-state index is 12.6. The van der Waals surface area contributed by atoms with E-state index in [9.17, 15) is 18.0 Å². The van der Waals surface area contributed by atoms with E-state index in [4.69, 9.17) is 11.6 Å². The molecule has 0 bridgehead atoms. The number of piperazine rings is 1. The number of pyridine rings is 1. The Kier molecular flexibility index (Phi) is 3.57. The van der Waals surface area contributed by atoms with Crippen LogP contribution >= 0.6 is 11.6 Å². The summed E-state index contributed by atoms with van der Waals surface area (Å²) in [5, 5.41) is 2.09.